The molecule has 4 rings (SSSR count). The van der Waals surface area contributed by atoms with E-state index in [9.17, 15) is 8.42 Å². The Morgan fingerprint density at radius 3 is 2.42 bits per heavy atom. The number of ether oxygens (including phenoxy) is 2. The predicted molar refractivity (Wildman–Crippen MR) is 119 cm³/mol. The van der Waals surface area contributed by atoms with Crippen molar-refractivity contribution in [2.75, 3.05) is 38.8 Å². The molecule has 164 valence electrons. The number of anilines is 1. The highest BCUT2D eigenvalue weighted by molar-refractivity contribution is 7.87. The van der Waals surface area contributed by atoms with Crippen LogP contribution in [0.3, 0.4) is 0 Å². The first-order valence-corrected chi connectivity index (χ1v) is 11.4. The molecule has 0 atom stereocenters. The zero-order chi connectivity index (χ0) is 22.0. The van der Waals surface area contributed by atoms with Crippen LogP contribution in [0, 0.1) is 0 Å². The number of hydrogen-bond acceptors (Lipinski definition) is 7. The molecule has 1 aromatic heterocycles. The number of hydrogen-bond donors (Lipinski definition) is 2. The maximum absolute atomic E-state index is 11.3. The van der Waals surface area contributed by atoms with Gasteiger partial charge in [-0.1, -0.05) is 30.3 Å². The second-order valence-corrected chi connectivity index (χ2v) is 8.78. The zero-order valence-electron chi connectivity index (χ0n) is 17.4. The molecular weight excluding hydrogens is 418 g/mol. The highest BCUT2D eigenvalue weighted by atomic mass is 32.2. The summed E-state index contributed by atoms with van der Waals surface area (Å²) in [6.07, 6.45) is 0.355. The van der Waals surface area contributed by atoms with E-state index in [1.165, 1.54) is 5.56 Å². The van der Waals surface area contributed by atoms with Gasteiger partial charge in [0.15, 0.2) is 11.5 Å². The van der Waals surface area contributed by atoms with Gasteiger partial charge in [-0.2, -0.15) is 8.42 Å². The van der Waals surface area contributed by atoms with Crippen LogP contribution in [0.1, 0.15) is 17.2 Å². The summed E-state index contributed by atoms with van der Waals surface area (Å²) in [5, 5.41) is 5.83. The number of nitrogens with two attached hydrogens (primary N) is 1. The van der Waals surface area contributed by atoms with Gasteiger partial charge in [0.2, 0.25) is 5.95 Å². The summed E-state index contributed by atoms with van der Waals surface area (Å²) in [4.78, 5) is 11.6. The van der Waals surface area contributed by atoms with E-state index in [1.54, 1.807) is 14.2 Å². The molecular formula is C21H25N5O4S. The fourth-order valence-electron chi connectivity index (χ4n) is 3.73. The Morgan fingerprint density at radius 1 is 1.10 bits per heavy atom. The van der Waals surface area contributed by atoms with Crippen molar-refractivity contribution in [2.24, 2.45) is 5.14 Å². The van der Waals surface area contributed by atoms with Crippen LogP contribution in [0.2, 0.25) is 0 Å². The number of benzene rings is 2. The SMILES string of the molecule is COc1cc2nc(N3CC(c4ccccc4)C3)nc(CCNS(N)(=O)=O)c2cc1OC. The lowest BCUT2D eigenvalue weighted by Gasteiger charge is -2.39. The number of fused-ring (bicyclic) bond motifs is 1. The van der Waals surface area contributed by atoms with Gasteiger partial charge in [-0.25, -0.2) is 19.8 Å². The van der Waals surface area contributed by atoms with Crippen LogP contribution in [0.5, 0.6) is 11.5 Å². The molecule has 0 saturated carbocycles. The molecule has 10 heteroatoms. The molecule has 2 heterocycles. The molecule has 0 bridgehead atoms. The Balaban J connectivity index is 1.65. The molecule has 2 aromatic carbocycles. The van der Waals surface area contributed by atoms with Gasteiger partial charge in [-0.3, -0.25) is 0 Å². The molecule has 3 aromatic rings. The highest BCUT2D eigenvalue weighted by Gasteiger charge is 2.30. The smallest absolute Gasteiger partial charge is 0.274 e. The van der Waals surface area contributed by atoms with Crippen LogP contribution in [0.4, 0.5) is 5.95 Å². The van der Waals surface area contributed by atoms with Gasteiger partial charge in [-0.05, 0) is 11.6 Å². The van der Waals surface area contributed by atoms with Crippen LogP contribution in [0.25, 0.3) is 10.9 Å². The third-order valence-corrected chi connectivity index (χ3v) is 5.98. The van der Waals surface area contributed by atoms with E-state index >= 15 is 0 Å². The topological polar surface area (TPSA) is 120 Å². The summed E-state index contributed by atoms with van der Waals surface area (Å²) < 4.78 is 35.7. The summed E-state index contributed by atoms with van der Waals surface area (Å²) in [6, 6.07) is 14.0. The molecule has 0 radical (unpaired) electrons. The van der Waals surface area contributed by atoms with Gasteiger partial charge in [-0.15, -0.1) is 0 Å². The zero-order valence-corrected chi connectivity index (χ0v) is 18.2. The first-order chi connectivity index (χ1) is 14.9. The molecule has 9 nitrogen and oxygen atoms in total. The first-order valence-electron chi connectivity index (χ1n) is 9.88. The lowest BCUT2D eigenvalue weighted by molar-refractivity contribution is 0.355. The largest absolute Gasteiger partial charge is 0.493 e. The van der Waals surface area contributed by atoms with E-state index in [-0.39, 0.29) is 6.54 Å². The lowest BCUT2D eigenvalue weighted by atomic mass is 9.92. The van der Waals surface area contributed by atoms with Crippen molar-refractivity contribution in [3.8, 4) is 11.5 Å². The molecule has 1 fully saturated rings. The van der Waals surface area contributed by atoms with Crippen LogP contribution in [-0.2, 0) is 16.6 Å². The van der Waals surface area contributed by atoms with Crippen molar-refractivity contribution in [3.63, 3.8) is 0 Å². The van der Waals surface area contributed by atoms with E-state index in [4.69, 9.17) is 24.6 Å². The Bertz CT molecular complexity index is 1180. The van der Waals surface area contributed by atoms with Crippen LogP contribution < -0.4 is 24.2 Å². The Hall–Kier alpha value is -2.95. The quantitative estimate of drug-likeness (QED) is 0.542. The summed E-state index contributed by atoms with van der Waals surface area (Å²) in [6.45, 7) is 1.76. The van der Waals surface area contributed by atoms with E-state index in [0.29, 0.717) is 41.0 Å². The standard InChI is InChI=1S/C21H25N5O4S/c1-29-19-10-16-17(8-9-23-31(22,27)28)24-21(25-18(16)11-20(19)30-2)26-12-15(13-26)14-6-4-3-5-7-14/h3-7,10-11,15,23H,8-9,12-13H2,1-2H3,(H2,22,27,28). The highest BCUT2D eigenvalue weighted by Crippen LogP contribution is 2.35. The molecule has 1 aliphatic rings. The van der Waals surface area contributed by atoms with Gasteiger partial charge in [0.25, 0.3) is 10.2 Å². The number of nitrogens with one attached hydrogen (secondary N) is 1. The Kier molecular flexibility index (Phi) is 5.94. The molecule has 0 spiro atoms. The van der Waals surface area contributed by atoms with Gasteiger partial charge in [0.05, 0.1) is 25.4 Å². The number of rotatable bonds is 8. The fourth-order valence-corrected chi connectivity index (χ4v) is 4.11. The first kappa shape index (κ1) is 21.3. The molecule has 1 saturated heterocycles. The van der Waals surface area contributed by atoms with Gasteiger partial charge < -0.3 is 14.4 Å². The number of nitrogens with zero attached hydrogens (tertiary/aromatic N) is 3. The third-order valence-electron chi connectivity index (χ3n) is 5.37. The van der Waals surface area contributed by atoms with Crippen molar-refractivity contribution in [3.05, 3.63) is 53.7 Å². The van der Waals surface area contributed by atoms with Crippen LogP contribution in [0.15, 0.2) is 42.5 Å². The van der Waals surface area contributed by atoms with Crippen molar-refractivity contribution in [1.29, 1.82) is 0 Å². The molecule has 0 unspecified atom stereocenters. The van der Waals surface area contributed by atoms with Crippen molar-refractivity contribution in [2.45, 2.75) is 12.3 Å². The minimum atomic E-state index is -3.78. The predicted octanol–water partition coefficient (Wildman–Crippen LogP) is 1.59. The summed E-state index contributed by atoms with van der Waals surface area (Å²) >= 11 is 0. The molecule has 31 heavy (non-hydrogen) atoms. The van der Waals surface area contributed by atoms with Crippen LogP contribution >= 0.6 is 0 Å². The molecule has 0 amide bonds. The Morgan fingerprint density at radius 2 is 1.77 bits per heavy atom. The maximum Gasteiger partial charge on any atom is 0.274 e. The van der Waals surface area contributed by atoms with Gasteiger partial charge >= 0.3 is 0 Å². The van der Waals surface area contributed by atoms with E-state index in [2.05, 4.69) is 21.8 Å². The van der Waals surface area contributed by atoms with E-state index in [0.717, 1.165) is 18.5 Å². The number of methoxy groups -OCH3 is 2. The molecule has 1 aliphatic heterocycles. The molecule has 3 N–H and O–H groups in total. The monoisotopic (exact) mass is 443 g/mol. The minimum Gasteiger partial charge on any atom is -0.493 e. The van der Waals surface area contributed by atoms with Gasteiger partial charge in [0, 0.05) is 43.4 Å². The average molecular weight is 444 g/mol. The summed E-state index contributed by atoms with van der Waals surface area (Å²) in [7, 11) is -0.645. The second kappa shape index (κ2) is 8.66. The van der Waals surface area contributed by atoms with Crippen molar-refractivity contribution in [1.82, 2.24) is 14.7 Å². The molecule has 0 aliphatic carbocycles. The second-order valence-electron chi connectivity index (χ2n) is 7.40. The Labute approximate surface area is 181 Å². The van der Waals surface area contributed by atoms with Crippen LogP contribution in [-0.4, -0.2) is 52.2 Å². The van der Waals surface area contributed by atoms with E-state index in [1.807, 2.05) is 30.3 Å². The lowest BCUT2D eigenvalue weighted by Crippen LogP contribution is -2.46. The normalized spacial score (nSPS) is 14.5. The van der Waals surface area contributed by atoms with Crippen molar-refractivity contribution >= 4 is 27.1 Å². The minimum absolute atomic E-state index is 0.130. The maximum atomic E-state index is 11.3. The fraction of sp³-hybridized carbons (Fsp3) is 0.333. The van der Waals surface area contributed by atoms with Crippen molar-refractivity contribution < 1.29 is 17.9 Å². The summed E-state index contributed by atoms with van der Waals surface area (Å²) in [5.41, 5.74) is 2.71. The number of aromatic nitrogens is 2. The van der Waals surface area contributed by atoms with Gasteiger partial charge in [0.1, 0.15) is 0 Å². The summed E-state index contributed by atoms with van der Waals surface area (Å²) in [5.74, 6) is 2.16. The third kappa shape index (κ3) is 4.71. The average Bonchev–Trinajstić information content (AvgIpc) is 2.71. The van der Waals surface area contributed by atoms with E-state index < -0.39 is 10.2 Å².